The van der Waals surface area contributed by atoms with Gasteiger partial charge in [0.15, 0.2) is 0 Å². The van der Waals surface area contributed by atoms with Gasteiger partial charge in [-0.05, 0) is 47.3 Å². The summed E-state index contributed by atoms with van der Waals surface area (Å²) in [5, 5.41) is 11.8. The third kappa shape index (κ3) is 3.54. The predicted octanol–water partition coefficient (Wildman–Crippen LogP) is 3.03. The molecule has 4 rings (SSSR count). The van der Waals surface area contributed by atoms with Crippen LogP contribution in [0.1, 0.15) is 11.7 Å². The maximum atomic E-state index is 10.6. The Labute approximate surface area is 153 Å². The van der Waals surface area contributed by atoms with Crippen molar-refractivity contribution in [3.63, 3.8) is 0 Å². The van der Waals surface area contributed by atoms with E-state index in [4.69, 9.17) is 4.74 Å². The Morgan fingerprint density at radius 2 is 1.81 bits per heavy atom. The minimum atomic E-state index is -0.463. The number of anilines is 1. The fourth-order valence-corrected chi connectivity index (χ4v) is 3.60. The number of aliphatic hydroxyl groups is 1. The number of methoxy groups -OCH3 is 1. The van der Waals surface area contributed by atoms with E-state index in [0.29, 0.717) is 6.54 Å². The van der Waals surface area contributed by atoms with Crippen LogP contribution in [-0.2, 0) is 0 Å². The molecular weight excluding hydrogens is 326 g/mol. The second-order valence-electron chi connectivity index (χ2n) is 6.83. The van der Waals surface area contributed by atoms with Gasteiger partial charge in [-0.2, -0.15) is 0 Å². The molecule has 2 aromatic carbocycles. The quantitative estimate of drug-likeness (QED) is 0.742. The molecule has 2 heterocycles. The van der Waals surface area contributed by atoms with E-state index in [1.165, 1.54) is 11.1 Å². The highest BCUT2D eigenvalue weighted by Crippen LogP contribution is 2.23. The van der Waals surface area contributed by atoms with E-state index in [1.807, 2.05) is 36.5 Å². The molecule has 1 fully saturated rings. The molecule has 0 radical (unpaired) electrons. The minimum Gasteiger partial charge on any atom is -0.497 e. The normalized spacial score (nSPS) is 16.8. The smallest absolute Gasteiger partial charge is 0.119 e. The number of fused-ring (bicyclic) bond motifs is 1. The molecule has 0 spiro atoms. The number of hydrogen-bond acceptors (Lipinski definition) is 4. The summed E-state index contributed by atoms with van der Waals surface area (Å²) in [6, 6.07) is 16.4. The number of aliphatic hydroxyl groups excluding tert-OH is 1. The summed E-state index contributed by atoms with van der Waals surface area (Å²) >= 11 is 0. The number of rotatable bonds is 5. The van der Waals surface area contributed by atoms with Gasteiger partial charge in [0.1, 0.15) is 5.75 Å². The number of nitrogens with zero attached hydrogens (tertiary/aromatic N) is 2. The van der Waals surface area contributed by atoms with Crippen LogP contribution in [0.2, 0.25) is 0 Å². The Hall–Kier alpha value is -2.50. The van der Waals surface area contributed by atoms with Gasteiger partial charge in [0.25, 0.3) is 0 Å². The average Bonchev–Trinajstić information content (AvgIpc) is 3.16. The van der Waals surface area contributed by atoms with Crippen LogP contribution < -0.4 is 9.64 Å². The van der Waals surface area contributed by atoms with E-state index >= 15 is 0 Å². The van der Waals surface area contributed by atoms with Crippen molar-refractivity contribution in [2.24, 2.45) is 0 Å². The van der Waals surface area contributed by atoms with Crippen molar-refractivity contribution in [2.45, 2.75) is 6.10 Å². The van der Waals surface area contributed by atoms with Crippen molar-refractivity contribution in [3.8, 4) is 5.75 Å². The van der Waals surface area contributed by atoms with Crippen molar-refractivity contribution in [1.82, 2.24) is 9.88 Å². The summed E-state index contributed by atoms with van der Waals surface area (Å²) in [6.45, 7) is 4.51. The number of ether oxygens (including phenoxy) is 1. The van der Waals surface area contributed by atoms with E-state index in [9.17, 15) is 5.11 Å². The summed E-state index contributed by atoms with van der Waals surface area (Å²) in [4.78, 5) is 7.93. The van der Waals surface area contributed by atoms with Crippen molar-refractivity contribution in [2.75, 3.05) is 44.7 Å². The summed E-state index contributed by atoms with van der Waals surface area (Å²) in [6.07, 6.45) is 1.47. The number of aromatic amines is 1. The largest absolute Gasteiger partial charge is 0.497 e. The number of benzene rings is 2. The molecule has 1 aromatic heterocycles. The number of piperazine rings is 1. The van der Waals surface area contributed by atoms with E-state index in [2.05, 4.69) is 33.0 Å². The average molecular weight is 351 g/mol. The van der Waals surface area contributed by atoms with E-state index < -0.39 is 6.10 Å². The van der Waals surface area contributed by atoms with Gasteiger partial charge >= 0.3 is 0 Å². The summed E-state index contributed by atoms with van der Waals surface area (Å²) in [5.41, 5.74) is 3.27. The van der Waals surface area contributed by atoms with Gasteiger partial charge in [-0.25, -0.2) is 0 Å². The van der Waals surface area contributed by atoms with Gasteiger partial charge in [-0.1, -0.05) is 12.1 Å². The van der Waals surface area contributed by atoms with Gasteiger partial charge < -0.3 is 19.7 Å². The highest BCUT2D eigenvalue weighted by molar-refractivity contribution is 5.79. The Balaban J connectivity index is 1.34. The first kappa shape index (κ1) is 16.9. The summed E-state index contributed by atoms with van der Waals surface area (Å²) < 4.78 is 5.22. The van der Waals surface area contributed by atoms with Crippen molar-refractivity contribution < 1.29 is 9.84 Å². The zero-order valence-corrected chi connectivity index (χ0v) is 15.1. The van der Waals surface area contributed by atoms with Crippen LogP contribution in [0.4, 0.5) is 5.69 Å². The van der Waals surface area contributed by atoms with Gasteiger partial charge in [-0.3, -0.25) is 4.90 Å². The highest BCUT2D eigenvalue weighted by atomic mass is 16.5. The first-order valence-corrected chi connectivity index (χ1v) is 9.09. The first-order chi connectivity index (χ1) is 12.7. The summed E-state index contributed by atoms with van der Waals surface area (Å²) in [5.74, 6) is 0.884. The molecule has 1 aliphatic heterocycles. The Morgan fingerprint density at radius 1 is 1.04 bits per heavy atom. The molecule has 0 aliphatic carbocycles. The third-order valence-corrected chi connectivity index (χ3v) is 5.20. The second-order valence-corrected chi connectivity index (χ2v) is 6.83. The maximum Gasteiger partial charge on any atom is 0.119 e. The van der Waals surface area contributed by atoms with E-state index in [0.717, 1.165) is 43.0 Å². The topological polar surface area (TPSA) is 51.7 Å². The Bertz CT molecular complexity index is 851. The van der Waals surface area contributed by atoms with Crippen LogP contribution in [-0.4, -0.2) is 54.8 Å². The number of hydrogen-bond donors (Lipinski definition) is 2. The SMILES string of the molecule is COc1ccc(N2CCN(CC(O)c3ccc4cc[nH]c4c3)CC2)cc1. The van der Waals surface area contributed by atoms with Crippen molar-refractivity contribution in [1.29, 1.82) is 0 Å². The minimum absolute atomic E-state index is 0.463. The van der Waals surface area contributed by atoms with E-state index in [-0.39, 0.29) is 0 Å². The molecule has 1 aliphatic rings. The molecule has 1 atom stereocenters. The molecule has 5 heteroatoms. The Morgan fingerprint density at radius 3 is 2.54 bits per heavy atom. The number of H-pyrrole nitrogens is 1. The second kappa shape index (κ2) is 7.40. The maximum absolute atomic E-state index is 10.6. The summed E-state index contributed by atoms with van der Waals surface area (Å²) in [7, 11) is 1.69. The standard InChI is InChI=1S/C21H25N3O2/c1-26-19-6-4-18(5-7-19)24-12-10-23(11-13-24)15-21(25)17-3-2-16-8-9-22-20(16)14-17/h2-9,14,21-22,25H,10-13,15H2,1H3. The lowest BCUT2D eigenvalue weighted by atomic mass is 10.1. The molecule has 26 heavy (non-hydrogen) atoms. The monoisotopic (exact) mass is 351 g/mol. The molecule has 1 saturated heterocycles. The number of β-amino-alcohol motifs (C(OH)–C–C–N with tert-alkyl or cyclic N) is 1. The van der Waals surface area contributed by atoms with Crippen LogP contribution in [0.5, 0.6) is 5.75 Å². The third-order valence-electron chi connectivity index (χ3n) is 5.20. The van der Waals surface area contributed by atoms with Crippen LogP contribution in [0.25, 0.3) is 10.9 Å². The van der Waals surface area contributed by atoms with Gasteiger partial charge in [0, 0.05) is 50.1 Å². The zero-order valence-electron chi connectivity index (χ0n) is 15.1. The van der Waals surface area contributed by atoms with Gasteiger partial charge in [-0.15, -0.1) is 0 Å². The molecule has 1 unspecified atom stereocenters. The number of aromatic nitrogens is 1. The first-order valence-electron chi connectivity index (χ1n) is 9.09. The highest BCUT2D eigenvalue weighted by Gasteiger charge is 2.20. The molecule has 0 amide bonds. The van der Waals surface area contributed by atoms with Gasteiger partial charge in [0.2, 0.25) is 0 Å². The molecular formula is C21H25N3O2. The molecule has 3 aromatic rings. The molecule has 0 saturated carbocycles. The lowest BCUT2D eigenvalue weighted by Gasteiger charge is -2.37. The van der Waals surface area contributed by atoms with Crippen LogP contribution in [0.3, 0.4) is 0 Å². The Kier molecular flexibility index (Phi) is 4.82. The van der Waals surface area contributed by atoms with Crippen LogP contribution in [0, 0.1) is 0 Å². The molecule has 2 N–H and O–H groups in total. The predicted molar refractivity (Wildman–Crippen MR) is 105 cm³/mol. The fourth-order valence-electron chi connectivity index (χ4n) is 3.60. The molecule has 136 valence electrons. The molecule has 5 nitrogen and oxygen atoms in total. The lowest BCUT2D eigenvalue weighted by Crippen LogP contribution is -2.47. The lowest BCUT2D eigenvalue weighted by molar-refractivity contribution is 0.109. The van der Waals surface area contributed by atoms with Crippen molar-refractivity contribution >= 4 is 16.6 Å². The van der Waals surface area contributed by atoms with Gasteiger partial charge in [0.05, 0.1) is 13.2 Å². The van der Waals surface area contributed by atoms with Crippen molar-refractivity contribution in [3.05, 3.63) is 60.3 Å². The van der Waals surface area contributed by atoms with Crippen LogP contribution >= 0.6 is 0 Å². The fraction of sp³-hybridized carbons (Fsp3) is 0.333. The van der Waals surface area contributed by atoms with Crippen LogP contribution in [0.15, 0.2) is 54.7 Å². The van der Waals surface area contributed by atoms with E-state index in [1.54, 1.807) is 7.11 Å². The molecule has 0 bridgehead atoms. The number of nitrogens with one attached hydrogen (secondary N) is 1. The zero-order chi connectivity index (χ0) is 17.9.